The van der Waals surface area contributed by atoms with Gasteiger partial charge in [0.1, 0.15) is 11.5 Å². The van der Waals surface area contributed by atoms with E-state index in [2.05, 4.69) is 28.6 Å². The topological polar surface area (TPSA) is 93.4 Å². The number of anilines is 1. The maximum absolute atomic E-state index is 12.1. The molecule has 4 rings (SSSR count). The summed E-state index contributed by atoms with van der Waals surface area (Å²) >= 11 is 0. The highest BCUT2D eigenvalue weighted by molar-refractivity contribution is 5.92. The summed E-state index contributed by atoms with van der Waals surface area (Å²) in [6, 6.07) is 7.41. The molecule has 0 unspecified atom stereocenters. The maximum Gasteiger partial charge on any atom is 0.269 e. The first-order valence-corrected chi connectivity index (χ1v) is 10.5. The van der Waals surface area contributed by atoms with Gasteiger partial charge in [0.05, 0.1) is 5.69 Å². The van der Waals surface area contributed by atoms with Crippen LogP contribution in [-0.4, -0.2) is 51.8 Å². The van der Waals surface area contributed by atoms with E-state index in [0.29, 0.717) is 24.7 Å². The zero-order chi connectivity index (χ0) is 20.9. The van der Waals surface area contributed by atoms with Crippen molar-refractivity contribution in [3.05, 3.63) is 53.1 Å². The highest BCUT2D eigenvalue weighted by atomic mass is 16.5. The fourth-order valence-electron chi connectivity index (χ4n) is 3.70. The molecule has 2 N–H and O–H groups in total. The molecular weight excluding hydrogens is 380 g/mol. The maximum atomic E-state index is 12.1. The van der Waals surface area contributed by atoms with Crippen LogP contribution in [0.1, 0.15) is 52.6 Å². The molecule has 3 aromatic heterocycles. The average Bonchev–Trinajstić information content (AvgIpc) is 3.20. The molecule has 0 aromatic carbocycles. The summed E-state index contributed by atoms with van der Waals surface area (Å²) in [5.74, 6) is 1.24. The number of aromatic nitrogens is 4. The van der Waals surface area contributed by atoms with Crippen molar-refractivity contribution < 1.29 is 9.53 Å². The lowest BCUT2D eigenvalue weighted by Crippen LogP contribution is -2.26. The van der Waals surface area contributed by atoms with Gasteiger partial charge in [0, 0.05) is 55.7 Å². The Bertz CT molecular complexity index is 1010. The van der Waals surface area contributed by atoms with Crippen LogP contribution in [0, 0.1) is 13.8 Å². The van der Waals surface area contributed by atoms with E-state index >= 15 is 0 Å². The first-order chi connectivity index (χ1) is 14.6. The predicted octanol–water partition coefficient (Wildman–Crippen LogP) is 2.87. The molecule has 0 bridgehead atoms. The molecule has 158 valence electrons. The molecule has 0 radical (unpaired) electrons. The van der Waals surface area contributed by atoms with Crippen LogP contribution in [-0.2, 0) is 4.74 Å². The summed E-state index contributed by atoms with van der Waals surface area (Å²) in [7, 11) is 0. The predicted molar refractivity (Wildman–Crippen MR) is 115 cm³/mol. The van der Waals surface area contributed by atoms with Gasteiger partial charge < -0.3 is 15.4 Å². The van der Waals surface area contributed by atoms with Gasteiger partial charge >= 0.3 is 0 Å². The lowest BCUT2D eigenvalue weighted by atomic mass is 9.97. The number of carbonyl (C=O) groups excluding carboxylic acids is 1. The minimum absolute atomic E-state index is 0.151. The van der Waals surface area contributed by atoms with Gasteiger partial charge in [0.25, 0.3) is 5.91 Å². The van der Waals surface area contributed by atoms with E-state index in [1.807, 2.05) is 17.5 Å². The van der Waals surface area contributed by atoms with Crippen molar-refractivity contribution in [2.45, 2.75) is 39.0 Å². The van der Waals surface area contributed by atoms with Gasteiger partial charge in [-0.3, -0.25) is 9.78 Å². The number of nitrogens with zero attached hydrogens (tertiary/aromatic N) is 4. The van der Waals surface area contributed by atoms with Gasteiger partial charge in [-0.1, -0.05) is 6.07 Å². The highest BCUT2D eigenvalue weighted by Gasteiger charge is 2.21. The zero-order valence-corrected chi connectivity index (χ0v) is 17.5. The van der Waals surface area contributed by atoms with E-state index in [0.717, 1.165) is 60.9 Å². The molecule has 0 atom stereocenters. The second-order valence-corrected chi connectivity index (χ2v) is 7.65. The SMILES string of the molecule is Cc1nc2cc(C3CCOCC3)nn2c(NCCCNC(=O)c2ccccn2)c1C. The molecule has 1 saturated heterocycles. The molecule has 1 aliphatic rings. The van der Waals surface area contributed by atoms with Crippen molar-refractivity contribution in [3.63, 3.8) is 0 Å². The van der Waals surface area contributed by atoms with Gasteiger partial charge in [0.2, 0.25) is 0 Å². The summed E-state index contributed by atoms with van der Waals surface area (Å²) in [5.41, 5.74) is 4.46. The van der Waals surface area contributed by atoms with Gasteiger partial charge in [-0.2, -0.15) is 9.61 Å². The molecule has 0 saturated carbocycles. The second-order valence-electron chi connectivity index (χ2n) is 7.65. The highest BCUT2D eigenvalue weighted by Crippen LogP contribution is 2.28. The Balaban J connectivity index is 1.39. The molecule has 8 nitrogen and oxygen atoms in total. The molecule has 0 aliphatic carbocycles. The Hall–Kier alpha value is -3.00. The monoisotopic (exact) mass is 408 g/mol. The van der Waals surface area contributed by atoms with Crippen LogP contribution in [0.3, 0.4) is 0 Å². The van der Waals surface area contributed by atoms with Gasteiger partial charge in [-0.25, -0.2) is 4.98 Å². The standard InChI is InChI=1S/C22H28N6O2/c1-15-16(2)26-20-14-19(17-7-12-30-13-8-17)27-28(20)21(15)24-10-5-11-25-22(29)18-6-3-4-9-23-18/h3-4,6,9,14,17,24H,5,7-8,10-13H2,1-2H3,(H,25,29). The number of pyridine rings is 1. The Labute approximate surface area is 176 Å². The van der Waals surface area contributed by atoms with Gasteiger partial charge in [-0.05, 0) is 45.2 Å². The number of rotatable bonds is 7. The number of carbonyl (C=O) groups is 1. The van der Waals surface area contributed by atoms with Crippen LogP contribution in [0.4, 0.5) is 5.82 Å². The number of aryl methyl sites for hydroxylation is 1. The number of fused-ring (bicyclic) bond motifs is 1. The largest absolute Gasteiger partial charge is 0.381 e. The third kappa shape index (κ3) is 4.43. The molecule has 1 aliphatic heterocycles. The molecule has 8 heteroatoms. The molecular formula is C22H28N6O2. The molecule has 4 heterocycles. The van der Waals surface area contributed by atoms with E-state index < -0.39 is 0 Å². The van der Waals surface area contributed by atoms with Crippen molar-refractivity contribution in [3.8, 4) is 0 Å². The van der Waals surface area contributed by atoms with E-state index in [9.17, 15) is 4.79 Å². The van der Waals surface area contributed by atoms with E-state index in [1.54, 1.807) is 18.3 Å². The van der Waals surface area contributed by atoms with Gasteiger partial charge in [0.15, 0.2) is 5.65 Å². The normalized spacial score (nSPS) is 14.7. The van der Waals surface area contributed by atoms with Crippen LogP contribution in [0.2, 0.25) is 0 Å². The average molecular weight is 409 g/mol. The smallest absolute Gasteiger partial charge is 0.269 e. The van der Waals surface area contributed by atoms with E-state index in [-0.39, 0.29) is 5.91 Å². The number of hydrogen-bond acceptors (Lipinski definition) is 6. The lowest BCUT2D eigenvalue weighted by Gasteiger charge is -2.19. The van der Waals surface area contributed by atoms with E-state index in [4.69, 9.17) is 14.8 Å². The Morgan fingerprint density at radius 3 is 2.83 bits per heavy atom. The summed E-state index contributed by atoms with van der Waals surface area (Å²) in [6.07, 6.45) is 4.41. The zero-order valence-electron chi connectivity index (χ0n) is 17.5. The van der Waals surface area contributed by atoms with Crippen LogP contribution >= 0.6 is 0 Å². The molecule has 3 aromatic rings. The summed E-state index contributed by atoms with van der Waals surface area (Å²) in [5, 5.41) is 11.3. The quantitative estimate of drug-likeness (QED) is 0.584. The number of amides is 1. The number of nitrogens with one attached hydrogen (secondary N) is 2. The van der Waals surface area contributed by atoms with Crippen LogP contribution < -0.4 is 10.6 Å². The first-order valence-electron chi connectivity index (χ1n) is 10.5. The van der Waals surface area contributed by atoms with Crippen molar-refractivity contribution in [1.82, 2.24) is 24.9 Å². The van der Waals surface area contributed by atoms with Crippen LogP contribution in [0.25, 0.3) is 5.65 Å². The van der Waals surface area contributed by atoms with Gasteiger partial charge in [-0.15, -0.1) is 0 Å². The van der Waals surface area contributed by atoms with Crippen LogP contribution in [0.15, 0.2) is 30.5 Å². The van der Waals surface area contributed by atoms with Crippen molar-refractivity contribution in [2.75, 3.05) is 31.6 Å². The second kappa shape index (κ2) is 9.21. The number of ether oxygens (including phenoxy) is 1. The summed E-state index contributed by atoms with van der Waals surface area (Å²) < 4.78 is 7.40. The molecule has 1 fully saturated rings. The minimum atomic E-state index is -0.151. The Morgan fingerprint density at radius 2 is 2.07 bits per heavy atom. The Kier molecular flexibility index (Phi) is 6.23. The molecule has 1 amide bonds. The van der Waals surface area contributed by atoms with Crippen molar-refractivity contribution in [1.29, 1.82) is 0 Å². The molecule has 30 heavy (non-hydrogen) atoms. The van der Waals surface area contributed by atoms with Crippen molar-refractivity contribution in [2.24, 2.45) is 0 Å². The third-order valence-electron chi connectivity index (χ3n) is 5.57. The van der Waals surface area contributed by atoms with E-state index in [1.165, 1.54) is 0 Å². The summed E-state index contributed by atoms with van der Waals surface area (Å²) in [6.45, 7) is 6.95. The fourth-order valence-corrected chi connectivity index (χ4v) is 3.70. The lowest BCUT2D eigenvalue weighted by molar-refractivity contribution is 0.0844. The van der Waals surface area contributed by atoms with Crippen molar-refractivity contribution >= 4 is 17.4 Å². The fraction of sp³-hybridized carbons (Fsp3) is 0.455. The Morgan fingerprint density at radius 1 is 1.23 bits per heavy atom. The minimum Gasteiger partial charge on any atom is -0.381 e. The number of hydrogen-bond donors (Lipinski definition) is 2. The third-order valence-corrected chi connectivity index (χ3v) is 5.57. The first kappa shape index (κ1) is 20.3. The summed E-state index contributed by atoms with van der Waals surface area (Å²) in [4.78, 5) is 20.9. The molecule has 0 spiro atoms. The van der Waals surface area contributed by atoms with Crippen LogP contribution in [0.5, 0.6) is 0 Å².